The summed E-state index contributed by atoms with van der Waals surface area (Å²) in [7, 11) is 0. The lowest BCUT2D eigenvalue weighted by Gasteiger charge is -2.12. The van der Waals surface area contributed by atoms with E-state index in [-0.39, 0.29) is 6.10 Å². The Morgan fingerprint density at radius 1 is 1.27 bits per heavy atom. The van der Waals surface area contributed by atoms with Gasteiger partial charge in [-0.3, -0.25) is 0 Å². The maximum Gasteiger partial charge on any atom is 0.0785 e. The molecule has 15 heavy (non-hydrogen) atoms. The van der Waals surface area contributed by atoms with Crippen LogP contribution in [0.3, 0.4) is 0 Å². The van der Waals surface area contributed by atoms with Crippen LogP contribution in [0, 0.1) is 0 Å². The van der Waals surface area contributed by atoms with E-state index in [9.17, 15) is 0 Å². The molecule has 1 atom stereocenters. The summed E-state index contributed by atoms with van der Waals surface area (Å²) in [6.45, 7) is 6.05. The van der Waals surface area contributed by atoms with Gasteiger partial charge in [0.1, 0.15) is 0 Å². The molecule has 1 rings (SSSR count). The fourth-order valence-electron chi connectivity index (χ4n) is 1.15. The van der Waals surface area contributed by atoms with Crippen LogP contribution in [0.4, 0.5) is 0 Å². The summed E-state index contributed by atoms with van der Waals surface area (Å²) >= 11 is 3.40. The van der Waals surface area contributed by atoms with Gasteiger partial charge in [-0.05, 0) is 31.5 Å². The second-order valence-corrected chi connectivity index (χ2v) is 4.32. The van der Waals surface area contributed by atoms with Crippen molar-refractivity contribution in [2.45, 2.75) is 26.6 Å². The molecule has 0 fully saturated rings. The topological polar surface area (TPSA) is 18.5 Å². The van der Waals surface area contributed by atoms with Gasteiger partial charge in [-0.15, -0.1) is 0 Å². The molecule has 0 aliphatic rings. The van der Waals surface area contributed by atoms with E-state index in [1.54, 1.807) is 0 Å². The first-order valence-corrected chi connectivity index (χ1v) is 5.95. The summed E-state index contributed by atoms with van der Waals surface area (Å²) in [6, 6.07) is 8.15. The maximum atomic E-state index is 5.63. The monoisotopic (exact) mass is 272 g/mol. The molecule has 0 saturated heterocycles. The zero-order chi connectivity index (χ0) is 11.1. The van der Waals surface area contributed by atoms with Gasteiger partial charge < -0.3 is 9.47 Å². The fourth-order valence-corrected chi connectivity index (χ4v) is 1.42. The van der Waals surface area contributed by atoms with Crippen molar-refractivity contribution in [3.8, 4) is 0 Å². The second-order valence-electron chi connectivity index (χ2n) is 3.41. The van der Waals surface area contributed by atoms with Gasteiger partial charge in [0, 0.05) is 11.1 Å². The molecule has 0 aliphatic heterocycles. The number of benzene rings is 1. The van der Waals surface area contributed by atoms with Crippen LogP contribution in [0.5, 0.6) is 0 Å². The molecule has 0 amide bonds. The van der Waals surface area contributed by atoms with Crippen molar-refractivity contribution in [3.63, 3.8) is 0 Å². The fraction of sp³-hybridized carbons (Fsp3) is 0.500. The van der Waals surface area contributed by atoms with E-state index >= 15 is 0 Å². The van der Waals surface area contributed by atoms with E-state index in [0.717, 1.165) is 11.1 Å². The Bertz CT molecular complexity index is 271. The minimum absolute atomic E-state index is 0.147. The predicted molar refractivity (Wildman–Crippen MR) is 64.9 cm³/mol. The first-order chi connectivity index (χ1) is 7.22. The Labute approximate surface area is 99.7 Å². The SMILES string of the molecule is CCOCC(C)OCc1ccc(Br)cc1. The van der Waals surface area contributed by atoms with E-state index in [1.807, 2.05) is 26.0 Å². The van der Waals surface area contributed by atoms with E-state index < -0.39 is 0 Å². The molecule has 0 spiro atoms. The molecule has 2 nitrogen and oxygen atoms in total. The summed E-state index contributed by atoms with van der Waals surface area (Å²) in [5.41, 5.74) is 1.18. The van der Waals surface area contributed by atoms with E-state index in [0.29, 0.717) is 13.2 Å². The largest absolute Gasteiger partial charge is 0.379 e. The number of halogens is 1. The van der Waals surface area contributed by atoms with E-state index in [4.69, 9.17) is 9.47 Å². The highest BCUT2D eigenvalue weighted by Crippen LogP contribution is 2.11. The maximum absolute atomic E-state index is 5.63. The highest BCUT2D eigenvalue weighted by Gasteiger charge is 2.02. The molecule has 0 heterocycles. The molecule has 3 heteroatoms. The van der Waals surface area contributed by atoms with Crippen LogP contribution < -0.4 is 0 Å². The zero-order valence-electron chi connectivity index (χ0n) is 9.20. The third-order valence-electron chi connectivity index (χ3n) is 2.00. The number of hydrogen-bond acceptors (Lipinski definition) is 2. The molecular weight excluding hydrogens is 256 g/mol. The third kappa shape index (κ3) is 5.30. The van der Waals surface area contributed by atoms with Gasteiger partial charge in [0.05, 0.1) is 19.3 Å². The normalized spacial score (nSPS) is 12.7. The summed E-state index contributed by atoms with van der Waals surface area (Å²) < 4.78 is 12.0. The molecule has 84 valence electrons. The van der Waals surface area contributed by atoms with Crippen molar-refractivity contribution < 1.29 is 9.47 Å². The van der Waals surface area contributed by atoms with Crippen molar-refractivity contribution in [1.82, 2.24) is 0 Å². The molecule has 0 aliphatic carbocycles. The Morgan fingerprint density at radius 3 is 2.53 bits per heavy atom. The molecule has 1 aromatic rings. The van der Waals surface area contributed by atoms with Crippen LogP contribution in [0.25, 0.3) is 0 Å². The van der Waals surface area contributed by atoms with Crippen molar-refractivity contribution in [1.29, 1.82) is 0 Å². The van der Waals surface area contributed by atoms with Crippen molar-refractivity contribution >= 4 is 15.9 Å². The van der Waals surface area contributed by atoms with Gasteiger partial charge in [0.2, 0.25) is 0 Å². The number of hydrogen-bond donors (Lipinski definition) is 0. The Kier molecular flexibility index (Phi) is 5.91. The van der Waals surface area contributed by atoms with Crippen LogP contribution in [-0.2, 0) is 16.1 Å². The summed E-state index contributed by atoms with van der Waals surface area (Å²) in [4.78, 5) is 0. The Hall–Kier alpha value is -0.380. The lowest BCUT2D eigenvalue weighted by Crippen LogP contribution is -2.15. The van der Waals surface area contributed by atoms with Crippen molar-refractivity contribution in [2.75, 3.05) is 13.2 Å². The van der Waals surface area contributed by atoms with Crippen LogP contribution in [-0.4, -0.2) is 19.3 Å². The summed E-state index contributed by atoms with van der Waals surface area (Å²) in [5.74, 6) is 0. The first-order valence-electron chi connectivity index (χ1n) is 5.16. The summed E-state index contributed by atoms with van der Waals surface area (Å²) in [5, 5.41) is 0. The molecule has 0 bridgehead atoms. The van der Waals surface area contributed by atoms with Crippen LogP contribution in [0.1, 0.15) is 19.4 Å². The highest BCUT2D eigenvalue weighted by atomic mass is 79.9. The van der Waals surface area contributed by atoms with Crippen molar-refractivity contribution in [2.24, 2.45) is 0 Å². The van der Waals surface area contributed by atoms with E-state index in [1.165, 1.54) is 5.56 Å². The zero-order valence-corrected chi connectivity index (χ0v) is 10.8. The lowest BCUT2D eigenvalue weighted by molar-refractivity contribution is -0.0116. The molecule has 0 N–H and O–H groups in total. The molecule has 1 aromatic carbocycles. The smallest absolute Gasteiger partial charge is 0.0785 e. The third-order valence-corrected chi connectivity index (χ3v) is 2.53. The lowest BCUT2D eigenvalue weighted by atomic mass is 10.2. The quantitative estimate of drug-likeness (QED) is 0.791. The van der Waals surface area contributed by atoms with Gasteiger partial charge in [-0.2, -0.15) is 0 Å². The molecule has 0 saturated carbocycles. The van der Waals surface area contributed by atoms with Crippen molar-refractivity contribution in [3.05, 3.63) is 34.3 Å². The van der Waals surface area contributed by atoms with Crippen LogP contribution >= 0.6 is 15.9 Å². The average molecular weight is 273 g/mol. The molecule has 0 aromatic heterocycles. The average Bonchev–Trinajstić information content (AvgIpc) is 2.25. The molecular formula is C12H17BrO2. The van der Waals surface area contributed by atoms with Gasteiger partial charge >= 0.3 is 0 Å². The minimum atomic E-state index is 0.147. The van der Waals surface area contributed by atoms with Gasteiger partial charge in [-0.25, -0.2) is 0 Å². The van der Waals surface area contributed by atoms with Gasteiger partial charge in [0.15, 0.2) is 0 Å². The number of ether oxygens (including phenoxy) is 2. The Morgan fingerprint density at radius 2 is 1.93 bits per heavy atom. The highest BCUT2D eigenvalue weighted by molar-refractivity contribution is 9.10. The Balaban J connectivity index is 2.27. The standard InChI is InChI=1S/C12H17BrO2/c1-3-14-8-10(2)15-9-11-4-6-12(13)7-5-11/h4-7,10H,3,8-9H2,1-2H3. The predicted octanol–water partition coefficient (Wildman–Crippen LogP) is 3.39. The first kappa shape index (κ1) is 12.7. The van der Waals surface area contributed by atoms with Crippen LogP contribution in [0.15, 0.2) is 28.7 Å². The van der Waals surface area contributed by atoms with Gasteiger partial charge in [-0.1, -0.05) is 28.1 Å². The van der Waals surface area contributed by atoms with E-state index in [2.05, 4.69) is 28.1 Å². The molecule has 1 unspecified atom stereocenters. The minimum Gasteiger partial charge on any atom is -0.379 e. The van der Waals surface area contributed by atoms with Crippen LogP contribution in [0.2, 0.25) is 0 Å². The second kappa shape index (κ2) is 6.99. The van der Waals surface area contributed by atoms with Gasteiger partial charge in [0.25, 0.3) is 0 Å². The summed E-state index contributed by atoms with van der Waals surface area (Å²) in [6.07, 6.45) is 0.147. The molecule has 0 radical (unpaired) electrons. The number of rotatable bonds is 6.